The molecule has 2 fully saturated rings. The lowest BCUT2D eigenvalue weighted by Crippen LogP contribution is -2.40. The molecule has 0 aromatic carbocycles. The molecule has 2 N–H and O–H groups in total. The maximum Gasteiger partial charge on any atom is 0.0499 e. The summed E-state index contributed by atoms with van der Waals surface area (Å²) in [6.07, 6.45) is 2.33. The van der Waals surface area contributed by atoms with Crippen molar-refractivity contribution in [3.8, 4) is 0 Å². The van der Waals surface area contributed by atoms with Crippen molar-refractivity contribution in [1.82, 2.24) is 0 Å². The Kier molecular flexibility index (Phi) is 3.39. The predicted octanol–water partition coefficient (Wildman–Crippen LogP) is 2.46. The van der Waals surface area contributed by atoms with E-state index >= 15 is 0 Å². The largest absolute Gasteiger partial charge is 0.396 e. The molecular weight excluding hydrogens is 212 g/mol. The molecule has 2 heteroatoms. The molecule has 2 bridgehead atoms. The van der Waals surface area contributed by atoms with Crippen molar-refractivity contribution in [2.24, 2.45) is 35.0 Å². The third kappa shape index (κ3) is 1.68. The Morgan fingerprint density at radius 2 is 2.00 bits per heavy atom. The number of hydrogen-bond acceptors (Lipinski definition) is 2. The second-order valence-corrected chi connectivity index (χ2v) is 6.54. The van der Waals surface area contributed by atoms with E-state index in [-0.39, 0.29) is 24.5 Å². The Balaban J connectivity index is 2.39. The highest BCUT2D eigenvalue weighted by Gasteiger charge is 2.58. The summed E-state index contributed by atoms with van der Waals surface area (Å²) in [5, 5.41) is 19.4. The summed E-state index contributed by atoms with van der Waals surface area (Å²) in [6.45, 7) is 11.4. The molecule has 5 atom stereocenters. The van der Waals surface area contributed by atoms with Crippen LogP contribution in [0.15, 0.2) is 12.2 Å². The molecular formula is C15H26O2. The first-order valence-corrected chi connectivity index (χ1v) is 6.88. The number of hydrogen-bond donors (Lipinski definition) is 2. The van der Waals surface area contributed by atoms with Gasteiger partial charge in [0.15, 0.2) is 0 Å². The normalized spacial score (nSPS) is 45.6. The molecule has 0 spiro atoms. The van der Waals surface area contributed by atoms with Gasteiger partial charge in [0.25, 0.3) is 0 Å². The number of aliphatic hydroxyl groups is 2. The van der Waals surface area contributed by atoms with Crippen molar-refractivity contribution in [3.63, 3.8) is 0 Å². The minimum atomic E-state index is 0.0538. The summed E-state index contributed by atoms with van der Waals surface area (Å²) in [7, 11) is 0. The standard InChI is InChI=1S/C15H26O2/c1-9(2)11-5-6-15(4)10(3)12(7-16)14(11)13(15)8-17/h9,11-14,16-17H,3,5-8H2,1-2,4H3/t11-,12+,13-,14?,15+/m1/s1. The van der Waals surface area contributed by atoms with Crippen molar-refractivity contribution < 1.29 is 10.2 Å². The van der Waals surface area contributed by atoms with Gasteiger partial charge in [-0.15, -0.1) is 0 Å². The molecule has 0 saturated heterocycles. The maximum absolute atomic E-state index is 9.74. The van der Waals surface area contributed by atoms with Gasteiger partial charge >= 0.3 is 0 Å². The molecule has 2 aliphatic rings. The van der Waals surface area contributed by atoms with Gasteiger partial charge in [0.1, 0.15) is 0 Å². The van der Waals surface area contributed by atoms with Crippen LogP contribution in [-0.2, 0) is 0 Å². The van der Waals surface area contributed by atoms with Gasteiger partial charge in [-0.1, -0.05) is 32.9 Å². The topological polar surface area (TPSA) is 40.5 Å². The van der Waals surface area contributed by atoms with Crippen LogP contribution >= 0.6 is 0 Å². The van der Waals surface area contributed by atoms with Crippen LogP contribution in [0.5, 0.6) is 0 Å². The second-order valence-electron chi connectivity index (χ2n) is 6.54. The third-order valence-corrected chi connectivity index (χ3v) is 5.67. The summed E-state index contributed by atoms with van der Waals surface area (Å²) in [6, 6.07) is 0. The van der Waals surface area contributed by atoms with Crippen LogP contribution in [0.25, 0.3) is 0 Å². The molecule has 2 rings (SSSR count). The van der Waals surface area contributed by atoms with Crippen molar-refractivity contribution >= 4 is 0 Å². The molecule has 0 amide bonds. The van der Waals surface area contributed by atoms with Crippen molar-refractivity contribution in [3.05, 3.63) is 12.2 Å². The summed E-state index contributed by atoms with van der Waals surface area (Å²) in [4.78, 5) is 0. The molecule has 2 saturated carbocycles. The summed E-state index contributed by atoms with van der Waals surface area (Å²) >= 11 is 0. The van der Waals surface area contributed by atoms with Crippen LogP contribution < -0.4 is 0 Å². The number of fused-ring (bicyclic) bond motifs is 2. The fraction of sp³-hybridized carbons (Fsp3) is 0.867. The quantitative estimate of drug-likeness (QED) is 0.742. The van der Waals surface area contributed by atoms with E-state index in [2.05, 4.69) is 27.4 Å². The van der Waals surface area contributed by atoms with E-state index in [4.69, 9.17) is 0 Å². The van der Waals surface area contributed by atoms with E-state index in [9.17, 15) is 10.2 Å². The summed E-state index contributed by atoms with van der Waals surface area (Å²) < 4.78 is 0. The second kappa shape index (κ2) is 4.40. The minimum absolute atomic E-state index is 0.0538. The average Bonchev–Trinajstić information content (AvgIpc) is 2.41. The smallest absolute Gasteiger partial charge is 0.0499 e. The zero-order valence-electron chi connectivity index (χ0n) is 11.3. The van der Waals surface area contributed by atoms with E-state index < -0.39 is 0 Å². The zero-order valence-corrected chi connectivity index (χ0v) is 11.3. The molecule has 2 aliphatic carbocycles. The van der Waals surface area contributed by atoms with Crippen LogP contribution in [0.1, 0.15) is 33.6 Å². The lowest BCUT2D eigenvalue weighted by Gasteiger charge is -2.43. The van der Waals surface area contributed by atoms with E-state index in [0.29, 0.717) is 23.7 Å². The van der Waals surface area contributed by atoms with Gasteiger partial charge in [-0.05, 0) is 41.9 Å². The molecule has 2 nitrogen and oxygen atoms in total. The van der Waals surface area contributed by atoms with Crippen molar-refractivity contribution in [1.29, 1.82) is 0 Å². The van der Waals surface area contributed by atoms with Gasteiger partial charge in [0, 0.05) is 19.1 Å². The molecule has 98 valence electrons. The summed E-state index contributed by atoms with van der Waals surface area (Å²) in [5.74, 6) is 2.17. The first kappa shape index (κ1) is 13.1. The van der Waals surface area contributed by atoms with Crippen LogP contribution in [0.4, 0.5) is 0 Å². The molecule has 0 aromatic heterocycles. The average molecular weight is 238 g/mol. The predicted molar refractivity (Wildman–Crippen MR) is 69.5 cm³/mol. The van der Waals surface area contributed by atoms with Gasteiger partial charge < -0.3 is 10.2 Å². The van der Waals surface area contributed by atoms with Crippen LogP contribution in [-0.4, -0.2) is 23.4 Å². The zero-order chi connectivity index (χ0) is 12.8. The molecule has 1 unspecified atom stereocenters. The van der Waals surface area contributed by atoms with Crippen molar-refractivity contribution in [2.45, 2.75) is 33.6 Å². The van der Waals surface area contributed by atoms with Gasteiger partial charge in [0.2, 0.25) is 0 Å². The lowest BCUT2D eigenvalue weighted by molar-refractivity contribution is 0.00870. The van der Waals surface area contributed by atoms with Crippen LogP contribution in [0.3, 0.4) is 0 Å². The Morgan fingerprint density at radius 1 is 1.35 bits per heavy atom. The first-order valence-electron chi connectivity index (χ1n) is 6.88. The van der Waals surface area contributed by atoms with Crippen LogP contribution in [0, 0.1) is 35.0 Å². The molecule has 17 heavy (non-hydrogen) atoms. The molecule has 0 heterocycles. The Morgan fingerprint density at radius 3 is 2.47 bits per heavy atom. The van der Waals surface area contributed by atoms with Gasteiger partial charge in [0.05, 0.1) is 0 Å². The third-order valence-electron chi connectivity index (χ3n) is 5.67. The van der Waals surface area contributed by atoms with Gasteiger partial charge in [-0.3, -0.25) is 0 Å². The fourth-order valence-corrected chi connectivity index (χ4v) is 4.53. The summed E-state index contributed by atoms with van der Waals surface area (Å²) in [5.41, 5.74) is 1.24. The Hall–Kier alpha value is -0.340. The lowest BCUT2D eigenvalue weighted by atomic mass is 9.61. The van der Waals surface area contributed by atoms with Gasteiger partial charge in [-0.2, -0.15) is 0 Å². The molecule has 0 aromatic rings. The highest BCUT2D eigenvalue weighted by molar-refractivity contribution is 5.26. The Bertz CT molecular complexity index is 310. The maximum atomic E-state index is 9.74. The van der Waals surface area contributed by atoms with E-state index in [1.165, 1.54) is 12.0 Å². The van der Waals surface area contributed by atoms with Gasteiger partial charge in [-0.25, -0.2) is 0 Å². The van der Waals surface area contributed by atoms with Crippen LogP contribution in [0.2, 0.25) is 0 Å². The van der Waals surface area contributed by atoms with E-state index in [1.54, 1.807) is 0 Å². The van der Waals surface area contributed by atoms with E-state index in [1.807, 2.05) is 0 Å². The first-order chi connectivity index (χ1) is 7.97. The highest BCUT2D eigenvalue weighted by atomic mass is 16.3. The van der Waals surface area contributed by atoms with E-state index in [0.717, 1.165) is 6.42 Å². The SMILES string of the molecule is C=C1[C@H](CO)C2[C@@H](C(C)C)CC[C@]1(C)[C@@H]2CO. The monoisotopic (exact) mass is 238 g/mol. The fourth-order valence-electron chi connectivity index (χ4n) is 4.53. The molecule has 0 radical (unpaired) electrons. The number of aliphatic hydroxyl groups excluding tert-OH is 2. The van der Waals surface area contributed by atoms with Crippen molar-refractivity contribution in [2.75, 3.05) is 13.2 Å². The molecule has 0 aliphatic heterocycles. The minimum Gasteiger partial charge on any atom is -0.396 e. The highest BCUT2D eigenvalue weighted by Crippen LogP contribution is 2.63. The Labute approximate surface area is 105 Å². The number of rotatable bonds is 3.